The smallest absolute Gasteiger partial charge is 0.191 e. The average molecular weight is 276 g/mol. The van der Waals surface area contributed by atoms with Crippen molar-refractivity contribution >= 4 is 17.4 Å². The molecule has 0 N–H and O–H groups in total. The predicted octanol–water partition coefficient (Wildman–Crippen LogP) is 2.61. The minimum atomic E-state index is 0.925. The van der Waals surface area contributed by atoms with Gasteiger partial charge in [0.1, 0.15) is 5.82 Å². The van der Waals surface area contributed by atoms with E-state index in [9.17, 15) is 0 Å². The Labute approximate surface area is 118 Å². The van der Waals surface area contributed by atoms with Gasteiger partial charge in [-0.2, -0.15) is 0 Å². The van der Waals surface area contributed by atoms with Crippen molar-refractivity contribution < 1.29 is 0 Å². The Morgan fingerprint density at radius 3 is 2.58 bits per heavy atom. The Bertz CT molecular complexity index is 509. The number of para-hydroxylation sites is 1. The van der Waals surface area contributed by atoms with Crippen LogP contribution >= 0.6 is 11.8 Å². The largest absolute Gasteiger partial charge is 0.374 e. The molecule has 0 aliphatic rings. The van der Waals surface area contributed by atoms with Crippen LogP contribution in [-0.2, 0) is 13.5 Å². The van der Waals surface area contributed by atoms with E-state index in [1.165, 1.54) is 5.69 Å². The molecule has 0 spiro atoms. The third kappa shape index (κ3) is 3.50. The lowest BCUT2D eigenvalue weighted by Gasteiger charge is -2.18. The Balaban J connectivity index is 1.85. The molecule has 0 radical (unpaired) electrons. The number of hydrogen-bond donors (Lipinski definition) is 0. The molecule has 0 saturated heterocycles. The number of thioether (sulfide) groups is 1. The van der Waals surface area contributed by atoms with Gasteiger partial charge in [-0.15, -0.1) is 10.2 Å². The zero-order valence-electron chi connectivity index (χ0n) is 11.7. The van der Waals surface area contributed by atoms with Crippen molar-refractivity contribution in [2.45, 2.75) is 18.5 Å². The summed E-state index contributed by atoms with van der Waals surface area (Å²) in [6, 6.07) is 10.4. The van der Waals surface area contributed by atoms with Crippen LogP contribution in [0.3, 0.4) is 0 Å². The lowest BCUT2D eigenvalue weighted by atomic mass is 10.3. The highest BCUT2D eigenvalue weighted by atomic mass is 32.2. The summed E-state index contributed by atoms with van der Waals surface area (Å²) in [6.07, 6.45) is 0.925. The van der Waals surface area contributed by atoms with E-state index in [1.807, 2.05) is 13.1 Å². The van der Waals surface area contributed by atoms with Gasteiger partial charge in [0.25, 0.3) is 0 Å². The van der Waals surface area contributed by atoms with Crippen molar-refractivity contribution in [3.8, 4) is 0 Å². The molecule has 1 aromatic heterocycles. The van der Waals surface area contributed by atoms with Crippen LogP contribution in [0.4, 0.5) is 5.69 Å². The van der Waals surface area contributed by atoms with Gasteiger partial charge in [-0.25, -0.2) is 0 Å². The first-order valence-electron chi connectivity index (χ1n) is 6.49. The molecule has 2 rings (SSSR count). The Kier molecular flexibility index (Phi) is 4.85. The lowest BCUT2D eigenvalue weighted by Crippen LogP contribution is -2.20. The van der Waals surface area contributed by atoms with Crippen molar-refractivity contribution in [1.29, 1.82) is 0 Å². The van der Waals surface area contributed by atoms with Crippen LogP contribution in [0.25, 0.3) is 0 Å². The molecular formula is C14H20N4S. The second kappa shape index (κ2) is 6.61. The van der Waals surface area contributed by atoms with Crippen LogP contribution in [0.1, 0.15) is 12.7 Å². The van der Waals surface area contributed by atoms with E-state index >= 15 is 0 Å². The third-order valence-electron chi connectivity index (χ3n) is 3.10. The van der Waals surface area contributed by atoms with Gasteiger partial charge < -0.3 is 9.47 Å². The van der Waals surface area contributed by atoms with Crippen molar-refractivity contribution in [2.75, 3.05) is 24.2 Å². The Morgan fingerprint density at radius 1 is 1.21 bits per heavy atom. The monoisotopic (exact) mass is 276 g/mol. The summed E-state index contributed by atoms with van der Waals surface area (Å²) in [5.74, 6) is 2.04. The highest BCUT2D eigenvalue weighted by Gasteiger charge is 2.07. The number of hydrogen-bond acceptors (Lipinski definition) is 4. The summed E-state index contributed by atoms with van der Waals surface area (Å²) in [4.78, 5) is 2.25. The van der Waals surface area contributed by atoms with Crippen LogP contribution in [0.2, 0.25) is 0 Å². The summed E-state index contributed by atoms with van der Waals surface area (Å²) >= 11 is 1.75. The number of aryl methyl sites for hydroxylation is 1. The highest BCUT2D eigenvalue weighted by Crippen LogP contribution is 2.17. The van der Waals surface area contributed by atoms with E-state index < -0.39 is 0 Å². The second-order valence-electron chi connectivity index (χ2n) is 4.42. The molecule has 0 bridgehead atoms. The summed E-state index contributed by atoms with van der Waals surface area (Å²) in [7, 11) is 4.14. The van der Waals surface area contributed by atoms with E-state index in [0.29, 0.717) is 0 Å². The Morgan fingerprint density at radius 2 is 1.95 bits per heavy atom. The van der Waals surface area contributed by atoms with Gasteiger partial charge in [0, 0.05) is 38.5 Å². The van der Waals surface area contributed by atoms with Crippen LogP contribution in [0.15, 0.2) is 35.5 Å². The second-order valence-corrected chi connectivity index (χ2v) is 5.48. The van der Waals surface area contributed by atoms with Crippen LogP contribution in [-0.4, -0.2) is 34.1 Å². The summed E-state index contributed by atoms with van der Waals surface area (Å²) in [5.41, 5.74) is 1.25. The molecule has 0 atom stereocenters. The van der Waals surface area contributed by atoms with Crippen LogP contribution in [0.5, 0.6) is 0 Å². The fourth-order valence-corrected chi connectivity index (χ4v) is 2.81. The van der Waals surface area contributed by atoms with E-state index in [2.05, 4.69) is 57.9 Å². The third-order valence-corrected chi connectivity index (χ3v) is 4.10. The fourth-order valence-electron chi connectivity index (χ4n) is 1.86. The zero-order valence-corrected chi connectivity index (χ0v) is 12.5. The fraction of sp³-hybridized carbons (Fsp3) is 0.429. The molecule has 0 unspecified atom stereocenters. The summed E-state index contributed by atoms with van der Waals surface area (Å²) in [5, 5.41) is 9.38. The maximum absolute atomic E-state index is 4.21. The van der Waals surface area contributed by atoms with Gasteiger partial charge in [0.15, 0.2) is 5.16 Å². The molecule has 102 valence electrons. The minimum absolute atomic E-state index is 0.925. The first kappa shape index (κ1) is 13.9. The molecule has 0 aliphatic heterocycles. The number of anilines is 1. The zero-order chi connectivity index (χ0) is 13.7. The van der Waals surface area contributed by atoms with Gasteiger partial charge in [0.05, 0.1) is 0 Å². The molecule has 0 saturated carbocycles. The molecule has 0 amide bonds. The Hall–Kier alpha value is -1.49. The lowest BCUT2D eigenvalue weighted by molar-refractivity contribution is 0.741. The van der Waals surface area contributed by atoms with E-state index in [-0.39, 0.29) is 0 Å². The molecule has 19 heavy (non-hydrogen) atoms. The van der Waals surface area contributed by atoms with Crippen LogP contribution in [0, 0.1) is 0 Å². The predicted molar refractivity (Wildman–Crippen MR) is 80.8 cm³/mol. The number of nitrogens with zero attached hydrogens (tertiary/aromatic N) is 4. The number of rotatable bonds is 6. The standard InChI is InChI=1S/C14H20N4S/c1-4-13-15-16-14(18(13)3)19-11-10-17(2)12-8-6-5-7-9-12/h5-9H,4,10-11H2,1-3H3. The molecular weight excluding hydrogens is 256 g/mol. The van der Waals surface area contributed by atoms with Gasteiger partial charge in [-0.3, -0.25) is 0 Å². The van der Waals surface area contributed by atoms with Gasteiger partial charge in [0.2, 0.25) is 0 Å². The first-order valence-corrected chi connectivity index (χ1v) is 7.48. The van der Waals surface area contributed by atoms with Crippen molar-refractivity contribution in [3.05, 3.63) is 36.2 Å². The first-order chi connectivity index (χ1) is 9.22. The van der Waals surface area contributed by atoms with Crippen molar-refractivity contribution in [2.24, 2.45) is 7.05 Å². The SMILES string of the molecule is CCc1nnc(SCCN(C)c2ccccc2)n1C. The molecule has 0 aliphatic carbocycles. The summed E-state index contributed by atoms with van der Waals surface area (Å²) in [6.45, 7) is 3.09. The minimum Gasteiger partial charge on any atom is -0.374 e. The van der Waals surface area contributed by atoms with Gasteiger partial charge >= 0.3 is 0 Å². The maximum atomic E-state index is 4.21. The maximum Gasteiger partial charge on any atom is 0.191 e. The molecule has 1 heterocycles. The molecule has 4 nitrogen and oxygen atoms in total. The van der Waals surface area contributed by atoms with Gasteiger partial charge in [-0.1, -0.05) is 36.9 Å². The van der Waals surface area contributed by atoms with E-state index in [1.54, 1.807) is 11.8 Å². The topological polar surface area (TPSA) is 34.0 Å². The normalized spacial score (nSPS) is 10.7. The molecule has 5 heteroatoms. The molecule has 0 fully saturated rings. The quantitative estimate of drug-likeness (QED) is 0.760. The van der Waals surface area contributed by atoms with E-state index in [4.69, 9.17) is 0 Å². The number of aromatic nitrogens is 3. The van der Waals surface area contributed by atoms with E-state index in [0.717, 1.165) is 29.7 Å². The van der Waals surface area contributed by atoms with Crippen LogP contribution < -0.4 is 4.90 Å². The van der Waals surface area contributed by atoms with Crippen molar-refractivity contribution in [3.63, 3.8) is 0 Å². The summed E-state index contributed by atoms with van der Waals surface area (Å²) < 4.78 is 2.08. The average Bonchev–Trinajstić information content (AvgIpc) is 2.80. The highest BCUT2D eigenvalue weighted by molar-refractivity contribution is 7.99. The molecule has 1 aromatic carbocycles. The molecule has 2 aromatic rings. The van der Waals surface area contributed by atoms with Crippen molar-refractivity contribution in [1.82, 2.24) is 14.8 Å². The number of benzene rings is 1. The van der Waals surface area contributed by atoms with Gasteiger partial charge in [-0.05, 0) is 12.1 Å².